The van der Waals surface area contributed by atoms with Crippen molar-refractivity contribution in [2.45, 2.75) is 58.7 Å². The van der Waals surface area contributed by atoms with Crippen LogP contribution in [-0.4, -0.2) is 33.1 Å². The quantitative estimate of drug-likeness (QED) is 0.545. The van der Waals surface area contributed by atoms with Gasteiger partial charge in [-0.15, -0.1) is 0 Å². The highest BCUT2D eigenvalue weighted by Crippen LogP contribution is 2.27. The van der Waals surface area contributed by atoms with E-state index in [-0.39, 0.29) is 5.69 Å². The first-order valence-electron chi connectivity index (χ1n) is 8.23. The Morgan fingerprint density at radius 2 is 1.50 bits per heavy atom. The molecule has 140 valence electrons. The molecule has 0 atom stereocenters. The molecule has 0 saturated carbocycles. The number of hydrogen-bond acceptors (Lipinski definition) is 6. The first-order valence-corrected chi connectivity index (χ1v) is 9.02. The lowest BCUT2D eigenvalue weighted by Crippen LogP contribution is -2.36. The van der Waals surface area contributed by atoms with Gasteiger partial charge in [0.15, 0.2) is 5.92 Å². The lowest BCUT2D eigenvalue weighted by molar-refractivity contribution is -0.169. The first-order chi connectivity index (χ1) is 11.9. The van der Waals surface area contributed by atoms with Gasteiger partial charge in [-0.1, -0.05) is 0 Å². The van der Waals surface area contributed by atoms with Crippen LogP contribution >= 0.6 is 15.9 Å². The third kappa shape index (κ3) is 5.24. The third-order valence-electron chi connectivity index (χ3n) is 3.16. The Morgan fingerprint density at radius 3 is 2.00 bits per heavy atom. The molecule has 2 aromatic rings. The number of hydrogen-bond donors (Lipinski definition) is 0. The summed E-state index contributed by atoms with van der Waals surface area (Å²) in [6.45, 7) is 10.5. The number of nitrogens with zero attached hydrogens (tertiary/aromatic N) is 2. The summed E-state index contributed by atoms with van der Waals surface area (Å²) in [6.07, 6.45) is 3.27. The van der Waals surface area contributed by atoms with Gasteiger partial charge in [-0.3, -0.25) is 14.6 Å². The maximum Gasteiger partial charge on any atom is 0.327 e. The normalized spacial score (nSPS) is 12.3. The van der Waals surface area contributed by atoms with Crippen LogP contribution in [0.15, 0.2) is 29.0 Å². The van der Waals surface area contributed by atoms with Crippen molar-refractivity contribution in [3.8, 4) is 0 Å². The van der Waals surface area contributed by atoms with Gasteiger partial charge in [-0.25, -0.2) is 4.98 Å². The minimum Gasteiger partial charge on any atom is -0.459 e. The van der Waals surface area contributed by atoms with Crippen LogP contribution in [0.1, 0.15) is 53.2 Å². The minimum absolute atomic E-state index is 0.271. The Labute approximate surface area is 161 Å². The largest absolute Gasteiger partial charge is 0.459 e. The van der Waals surface area contributed by atoms with E-state index in [0.29, 0.717) is 9.99 Å². The Morgan fingerprint density at radius 1 is 0.962 bits per heavy atom. The molecule has 7 heteroatoms. The fraction of sp³-hybridized carbons (Fsp3) is 0.474. The van der Waals surface area contributed by atoms with Crippen molar-refractivity contribution in [1.29, 1.82) is 0 Å². The van der Waals surface area contributed by atoms with Crippen molar-refractivity contribution in [3.63, 3.8) is 0 Å². The molecule has 2 heterocycles. The van der Waals surface area contributed by atoms with E-state index < -0.39 is 29.1 Å². The van der Waals surface area contributed by atoms with E-state index in [4.69, 9.17) is 9.47 Å². The fourth-order valence-corrected chi connectivity index (χ4v) is 2.68. The molecule has 0 amide bonds. The number of fused-ring (bicyclic) bond motifs is 1. The van der Waals surface area contributed by atoms with Crippen LogP contribution in [0.3, 0.4) is 0 Å². The summed E-state index contributed by atoms with van der Waals surface area (Å²) in [5, 5.41) is 0.787. The average Bonchev–Trinajstić information content (AvgIpc) is 2.44. The van der Waals surface area contributed by atoms with Crippen molar-refractivity contribution >= 4 is 38.8 Å². The zero-order valence-corrected chi connectivity index (χ0v) is 17.4. The second-order valence-electron chi connectivity index (χ2n) is 7.93. The van der Waals surface area contributed by atoms with Crippen LogP contribution in [0.5, 0.6) is 0 Å². The Bertz CT molecular complexity index is 810. The fourth-order valence-electron chi connectivity index (χ4n) is 2.24. The molecule has 0 radical (unpaired) electrons. The molecule has 0 unspecified atom stereocenters. The topological polar surface area (TPSA) is 78.4 Å². The lowest BCUT2D eigenvalue weighted by atomic mass is 10.0. The smallest absolute Gasteiger partial charge is 0.327 e. The molecule has 0 spiro atoms. The van der Waals surface area contributed by atoms with E-state index in [1.165, 1.54) is 0 Å². The monoisotopic (exact) mass is 422 g/mol. The highest BCUT2D eigenvalue weighted by atomic mass is 79.9. The van der Waals surface area contributed by atoms with E-state index in [1.807, 2.05) is 0 Å². The summed E-state index contributed by atoms with van der Waals surface area (Å²) in [4.78, 5) is 34.0. The summed E-state index contributed by atoms with van der Waals surface area (Å²) in [6, 6.07) is 3.38. The van der Waals surface area contributed by atoms with Crippen LogP contribution in [0.2, 0.25) is 0 Å². The molecule has 0 bridgehead atoms. The number of halogens is 1. The standard InChI is InChI=1S/C19H23BrN2O4/c1-18(2,3)25-16(23)14(17(24)26-19(4,5)6)13-8-7-11-9-21-10-12(20)15(11)22-13/h7-10,14H,1-6H3. The van der Waals surface area contributed by atoms with Gasteiger partial charge >= 0.3 is 11.9 Å². The molecule has 0 N–H and O–H groups in total. The molecule has 26 heavy (non-hydrogen) atoms. The zero-order valence-electron chi connectivity index (χ0n) is 15.8. The highest BCUT2D eigenvalue weighted by Gasteiger charge is 2.37. The van der Waals surface area contributed by atoms with Crippen molar-refractivity contribution < 1.29 is 19.1 Å². The number of pyridine rings is 2. The predicted octanol–water partition coefficient (Wildman–Crippen LogP) is 4.16. The van der Waals surface area contributed by atoms with Gasteiger partial charge < -0.3 is 9.47 Å². The van der Waals surface area contributed by atoms with Gasteiger partial charge in [0.1, 0.15) is 11.2 Å². The maximum absolute atomic E-state index is 12.7. The summed E-state index contributed by atoms with van der Waals surface area (Å²) in [5.41, 5.74) is -0.597. The van der Waals surface area contributed by atoms with E-state index >= 15 is 0 Å². The van der Waals surface area contributed by atoms with Gasteiger partial charge in [0.25, 0.3) is 0 Å². The Kier molecular flexibility index (Phi) is 5.70. The number of aromatic nitrogens is 2. The van der Waals surface area contributed by atoms with Crippen molar-refractivity contribution in [2.24, 2.45) is 0 Å². The summed E-state index contributed by atoms with van der Waals surface area (Å²) >= 11 is 3.39. The van der Waals surface area contributed by atoms with Crippen molar-refractivity contribution in [2.75, 3.05) is 0 Å². The number of ether oxygens (including phenoxy) is 2. The van der Waals surface area contributed by atoms with Gasteiger partial charge in [0, 0.05) is 17.8 Å². The average molecular weight is 423 g/mol. The summed E-state index contributed by atoms with van der Waals surface area (Å²) < 4.78 is 11.5. The molecule has 0 aliphatic rings. The molecule has 6 nitrogen and oxygen atoms in total. The van der Waals surface area contributed by atoms with E-state index in [1.54, 1.807) is 66.1 Å². The van der Waals surface area contributed by atoms with Crippen LogP contribution in [0.4, 0.5) is 0 Å². The summed E-state index contributed by atoms with van der Waals surface area (Å²) in [7, 11) is 0. The Balaban J connectivity index is 2.50. The van der Waals surface area contributed by atoms with Gasteiger partial charge in [-0.05, 0) is 69.6 Å². The SMILES string of the molecule is CC(C)(C)OC(=O)C(C(=O)OC(C)(C)C)c1ccc2cncc(Br)c2n1. The molecule has 0 aliphatic carbocycles. The summed E-state index contributed by atoms with van der Waals surface area (Å²) in [5.74, 6) is -2.65. The lowest BCUT2D eigenvalue weighted by Gasteiger charge is -2.26. The Hall–Kier alpha value is -2.02. The molecule has 0 fully saturated rings. The van der Waals surface area contributed by atoms with Crippen LogP contribution < -0.4 is 0 Å². The number of rotatable bonds is 3. The molecule has 0 saturated heterocycles. The number of carbonyl (C=O) groups excluding carboxylic acids is 2. The third-order valence-corrected chi connectivity index (χ3v) is 3.74. The number of carbonyl (C=O) groups is 2. The molecular formula is C19H23BrN2O4. The maximum atomic E-state index is 12.7. The van der Waals surface area contributed by atoms with Crippen LogP contribution in [0, 0.1) is 0 Å². The molecular weight excluding hydrogens is 400 g/mol. The van der Waals surface area contributed by atoms with Gasteiger partial charge in [0.2, 0.25) is 0 Å². The van der Waals surface area contributed by atoms with Crippen LogP contribution in [-0.2, 0) is 19.1 Å². The van der Waals surface area contributed by atoms with Crippen molar-refractivity contribution in [3.05, 3.63) is 34.7 Å². The second kappa shape index (κ2) is 7.31. The molecule has 2 aromatic heterocycles. The van der Waals surface area contributed by atoms with E-state index in [9.17, 15) is 9.59 Å². The molecule has 0 aliphatic heterocycles. The molecule has 0 aromatic carbocycles. The molecule has 2 rings (SSSR count). The van der Waals surface area contributed by atoms with Gasteiger partial charge in [0.05, 0.1) is 15.7 Å². The zero-order chi connectivity index (χ0) is 19.7. The van der Waals surface area contributed by atoms with Gasteiger partial charge in [-0.2, -0.15) is 0 Å². The first kappa shape index (κ1) is 20.3. The van der Waals surface area contributed by atoms with E-state index in [0.717, 1.165) is 5.39 Å². The highest BCUT2D eigenvalue weighted by molar-refractivity contribution is 9.10. The van der Waals surface area contributed by atoms with Crippen molar-refractivity contribution in [1.82, 2.24) is 9.97 Å². The van der Waals surface area contributed by atoms with Crippen LogP contribution in [0.25, 0.3) is 10.9 Å². The number of esters is 2. The minimum atomic E-state index is -1.27. The van der Waals surface area contributed by atoms with E-state index in [2.05, 4.69) is 25.9 Å². The predicted molar refractivity (Wildman–Crippen MR) is 102 cm³/mol. The second-order valence-corrected chi connectivity index (χ2v) is 8.78.